The molecular formula is C22H29ClN4O6. The number of amides is 1. The van der Waals surface area contributed by atoms with Crippen molar-refractivity contribution < 1.29 is 19.7 Å². The number of carbonyl (C=O) groups is 1. The van der Waals surface area contributed by atoms with Crippen LogP contribution in [0.4, 0.5) is 0 Å². The summed E-state index contributed by atoms with van der Waals surface area (Å²) in [5.41, 5.74) is -2.01. The maximum atomic E-state index is 12.9. The van der Waals surface area contributed by atoms with E-state index >= 15 is 0 Å². The van der Waals surface area contributed by atoms with Gasteiger partial charge >= 0.3 is 5.69 Å². The van der Waals surface area contributed by atoms with Crippen LogP contribution in [0, 0.1) is 0 Å². The van der Waals surface area contributed by atoms with Gasteiger partial charge in [-0.2, -0.15) is 9.78 Å². The number of hydrogen-bond donors (Lipinski definition) is 2. The lowest BCUT2D eigenvalue weighted by molar-refractivity contribution is 0.00895. The van der Waals surface area contributed by atoms with Gasteiger partial charge in [-0.1, -0.05) is 31.7 Å². The summed E-state index contributed by atoms with van der Waals surface area (Å²) in [6.07, 6.45) is 4.94. The third-order valence-electron chi connectivity index (χ3n) is 5.74. The molecule has 180 valence electrons. The van der Waals surface area contributed by atoms with Crippen LogP contribution in [0.3, 0.4) is 0 Å². The summed E-state index contributed by atoms with van der Waals surface area (Å²) in [5, 5.41) is 24.7. The van der Waals surface area contributed by atoms with Crippen LogP contribution in [-0.2, 0) is 11.3 Å². The predicted molar refractivity (Wildman–Crippen MR) is 122 cm³/mol. The third kappa shape index (κ3) is 6.29. The molecule has 0 saturated heterocycles. The van der Waals surface area contributed by atoms with E-state index in [2.05, 4.69) is 5.10 Å². The highest BCUT2D eigenvalue weighted by Crippen LogP contribution is 2.29. The molecule has 0 aliphatic heterocycles. The smallest absolute Gasteiger partial charge is 0.352 e. The molecular weight excluding hydrogens is 452 g/mol. The van der Waals surface area contributed by atoms with E-state index in [0.29, 0.717) is 12.8 Å². The average molecular weight is 481 g/mol. The second-order valence-electron chi connectivity index (χ2n) is 8.41. The zero-order valence-corrected chi connectivity index (χ0v) is 19.3. The first-order valence-electron chi connectivity index (χ1n) is 10.9. The molecule has 0 spiro atoms. The van der Waals surface area contributed by atoms with E-state index in [0.717, 1.165) is 45.5 Å². The van der Waals surface area contributed by atoms with Gasteiger partial charge in [-0.25, -0.2) is 9.21 Å². The van der Waals surface area contributed by atoms with Crippen molar-refractivity contribution in [1.29, 1.82) is 0 Å². The van der Waals surface area contributed by atoms with Gasteiger partial charge in [-0.15, -0.1) is 0 Å². The van der Waals surface area contributed by atoms with Gasteiger partial charge in [0.15, 0.2) is 0 Å². The standard InChI is InChI=1S/C22H29ClN4O6/c1-33-14-18(28)13-25-19(29)12-24-27(21(25)31)17-8-6-7-16(11-17)20(30)26(23)15-22(32)9-4-2-3-5-10-22/h6-8,11-12,18,28,32H,2-5,9-10,13-15H2,1H3/t18-/m1/s1. The number of aliphatic hydroxyl groups excluding tert-OH is 1. The molecule has 0 unspecified atom stereocenters. The van der Waals surface area contributed by atoms with Gasteiger partial charge in [-0.3, -0.25) is 14.2 Å². The topological polar surface area (TPSA) is 127 Å². The van der Waals surface area contributed by atoms with Gasteiger partial charge in [0, 0.05) is 24.4 Å². The second kappa shape index (κ2) is 11.1. The first-order chi connectivity index (χ1) is 15.7. The zero-order valence-electron chi connectivity index (χ0n) is 18.5. The van der Waals surface area contributed by atoms with E-state index in [9.17, 15) is 24.6 Å². The van der Waals surface area contributed by atoms with Crippen molar-refractivity contribution in [3.8, 4) is 5.69 Å². The summed E-state index contributed by atoms with van der Waals surface area (Å²) in [6.45, 7) is -0.311. The molecule has 0 radical (unpaired) electrons. The van der Waals surface area contributed by atoms with E-state index in [1.807, 2.05) is 0 Å². The summed E-state index contributed by atoms with van der Waals surface area (Å²) in [6, 6.07) is 6.10. The van der Waals surface area contributed by atoms with Crippen molar-refractivity contribution in [1.82, 2.24) is 18.8 Å². The van der Waals surface area contributed by atoms with Crippen LogP contribution in [0.25, 0.3) is 5.69 Å². The largest absolute Gasteiger partial charge is 0.389 e. The van der Waals surface area contributed by atoms with E-state index in [-0.39, 0.29) is 30.9 Å². The van der Waals surface area contributed by atoms with Crippen LogP contribution < -0.4 is 11.2 Å². The molecule has 1 amide bonds. The van der Waals surface area contributed by atoms with Gasteiger partial charge in [0.1, 0.15) is 6.20 Å². The van der Waals surface area contributed by atoms with Crippen molar-refractivity contribution in [3.63, 3.8) is 0 Å². The Morgan fingerprint density at radius 3 is 2.64 bits per heavy atom. The van der Waals surface area contributed by atoms with Crippen molar-refractivity contribution in [2.75, 3.05) is 20.3 Å². The maximum Gasteiger partial charge on any atom is 0.352 e. The van der Waals surface area contributed by atoms with E-state index in [1.54, 1.807) is 18.2 Å². The fourth-order valence-corrected chi connectivity index (χ4v) is 4.34. The molecule has 1 atom stereocenters. The summed E-state index contributed by atoms with van der Waals surface area (Å²) in [7, 11) is 1.40. The number of methoxy groups -OCH3 is 1. The summed E-state index contributed by atoms with van der Waals surface area (Å²) >= 11 is 6.26. The second-order valence-corrected chi connectivity index (χ2v) is 8.82. The number of aliphatic hydroxyl groups is 2. The van der Waals surface area contributed by atoms with Gasteiger partial charge in [-0.05, 0) is 31.0 Å². The molecule has 10 nitrogen and oxygen atoms in total. The van der Waals surface area contributed by atoms with Crippen molar-refractivity contribution in [2.24, 2.45) is 0 Å². The Kier molecular flexibility index (Phi) is 8.41. The lowest BCUT2D eigenvalue weighted by Crippen LogP contribution is -2.43. The Morgan fingerprint density at radius 1 is 1.27 bits per heavy atom. The number of hydrogen-bond acceptors (Lipinski definition) is 7. The fraction of sp³-hybridized carbons (Fsp3) is 0.545. The lowest BCUT2D eigenvalue weighted by Gasteiger charge is -2.30. The summed E-state index contributed by atoms with van der Waals surface area (Å²) in [5.74, 6) is -0.520. The van der Waals surface area contributed by atoms with Crippen molar-refractivity contribution in [3.05, 3.63) is 56.9 Å². The van der Waals surface area contributed by atoms with Crippen LogP contribution in [0.5, 0.6) is 0 Å². The Labute approximate surface area is 196 Å². The Morgan fingerprint density at radius 2 is 1.97 bits per heavy atom. The van der Waals surface area contributed by atoms with E-state index in [1.165, 1.54) is 13.2 Å². The highest BCUT2D eigenvalue weighted by Gasteiger charge is 2.32. The van der Waals surface area contributed by atoms with Gasteiger partial charge in [0.2, 0.25) is 0 Å². The highest BCUT2D eigenvalue weighted by molar-refractivity contribution is 6.24. The first-order valence-corrected chi connectivity index (χ1v) is 11.2. The molecule has 1 fully saturated rings. The molecule has 1 aromatic heterocycles. The van der Waals surface area contributed by atoms with Crippen LogP contribution in [0.2, 0.25) is 0 Å². The van der Waals surface area contributed by atoms with Crippen LogP contribution >= 0.6 is 11.8 Å². The highest BCUT2D eigenvalue weighted by atomic mass is 35.5. The molecule has 2 aromatic rings. The molecule has 0 bridgehead atoms. The van der Waals surface area contributed by atoms with Crippen LogP contribution in [0.1, 0.15) is 48.9 Å². The summed E-state index contributed by atoms with van der Waals surface area (Å²) in [4.78, 5) is 37.9. The Hall–Kier alpha value is -2.53. The van der Waals surface area contributed by atoms with Crippen LogP contribution in [0.15, 0.2) is 40.1 Å². The molecule has 11 heteroatoms. The quantitative estimate of drug-likeness (QED) is 0.427. The summed E-state index contributed by atoms with van der Waals surface area (Å²) < 4.78 is 7.63. The normalized spacial score (nSPS) is 16.7. The number of benzene rings is 1. The molecule has 1 aliphatic carbocycles. The Balaban J connectivity index is 1.84. The number of rotatable bonds is 8. The van der Waals surface area contributed by atoms with Crippen LogP contribution in [-0.4, -0.2) is 66.9 Å². The minimum Gasteiger partial charge on any atom is -0.389 e. The fourth-order valence-electron chi connectivity index (χ4n) is 4.02. The minimum absolute atomic E-state index is 0.00190. The average Bonchev–Trinajstić information content (AvgIpc) is 3.00. The Bertz CT molecular complexity index is 1080. The molecule has 2 N–H and O–H groups in total. The first kappa shape index (κ1) is 25.1. The number of nitrogens with zero attached hydrogens (tertiary/aromatic N) is 4. The number of carbonyl (C=O) groups excluding carboxylic acids is 1. The SMILES string of the molecule is COC[C@H](O)Cn1c(=O)cnn(-c2cccc(C(=O)N(Cl)CC3(O)CCCCCC3)c2)c1=O. The van der Waals surface area contributed by atoms with Gasteiger partial charge in [0.25, 0.3) is 11.5 Å². The molecule has 3 rings (SSSR count). The third-order valence-corrected chi connectivity index (χ3v) is 6.01. The van der Waals surface area contributed by atoms with E-state index < -0.39 is 28.9 Å². The molecule has 1 saturated carbocycles. The zero-order chi connectivity index (χ0) is 24.0. The maximum absolute atomic E-state index is 12.9. The number of aromatic nitrogens is 3. The van der Waals surface area contributed by atoms with Crippen molar-refractivity contribution in [2.45, 2.75) is 56.8 Å². The van der Waals surface area contributed by atoms with Gasteiger partial charge < -0.3 is 14.9 Å². The molecule has 1 aromatic carbocycles. The predicted octanol–water partition coefficient (Wildman–Crippen LogP) is 1.08. The number of ether oxygens (including phenoxy) is 1. The minimum atomic E-state index is -1.05. The molecule has 1 heterocycles. The lowest BCUT2D eigenvalue weighted by atomic mass is 9.94. The molecule has 33 heavy (non-hydrogen) atoms. The monoisotopic (exact) mass is 480 g/mol. The van der Waals surface area contributed by atoms with Crippen molar-refractivity contribution >= 4 is 17.7 Å². The van der Waals surface area contributed by atoms with E-state index in [4.69, 9.17) is 16.5 Å². The molecule has 1 aliphatic rings. The number of halogens is 1. The van der Waals surface area contributed by atoms with Gasteiger partial charge in [0.05, 0.1) is 37.1 Å².